The Kier molecular flexibility index (Phi) is 5.65. The first-order valence-corrected chi connectivity index (χ1v) is 11.4. The van der Waals surface area contributed by atoms with E-state index in [0.717, 1.165) is 10.4 Å². The molecule has 0 fully saturated rings. The molecule has 29 heavy (non-hydrogen) atoms. The Morgan fingerprint density at radius 1 is 1.24 bits per heavy atom. The number of pyridine rings is 1. The Labute approximate surface area is 179 Å². The third-order valence-electron chi connectivity index (χ3n) is 4.04. The van der Waals surface area contributed by atoms with Crippen molar-refractivity contribution in [2.45, 2.75) is 36.1 Å². The number of nitrogen functional groups attached to an aromatic ring is 1. The summed E-state index contributed by atoms with van der Waals surface area (Å²) < 4.78 is 28.5. The number of thiol groups is 1. The number of amides is 1. The molecule has 3 aromatic rings. The second-order valence-electron chi connectivity index (χ2n) is 7.52. The molecule has 0 unspecified atom stereocenters. The van der Waals surface area contributed by atoms with Crippen LogP contribution in [0.5, 0.6) is 0 Å². The summed E-state index contributed by atoms with van der Waals surface area (Å²) in [7, 11) is -2.12. The van der Waals surface area contributed by atoms with Crippen LogP contribution < -0.4 is 15.8 Å². The molecule has 4 N–H and O–H groups in total. The van der Waals surface area contributed by atoms with Crippen LogP contribution in [0.2, 0.25) is 0 Å². The third kappa shape index (κ3) is 4.40. The largest absolute Gasteiger partial charge is 0.383 e. The van der Waals surface area contributed by atoms with E-state index in [1.807, 2.05) is 6.07 Å². The molecule has 0 spiro atoms. The molecular formula is C19H22N4O3S3. The molecule has 2 aromatic heterocycles. The van der Waals surface area contributed by atoms with Crippen LogP contribution in [0.4, 0.5) is 5.82 Å². The highest BCUT2D eigenvalue weighted by atomic mass is 32.2. The molecule has 0 saturated heterocycles. The van der Waals surface area contributed by atoms with Crippen LogP contribution in [0.15, 0.2) is 40.3 Å². The van der Waals surface area contributed by atoms with Gasteiger partial charge < -0.3 is 11.1 Å². The molecule has 1 aromatic carbocycles. The smallest absolute Gasteiger partial charge is 0.254 e. The monoisotopic (exact) mass is 450 g/mol. The molecule has 154 valence electrons. The molecule has 0 atom stereocenters. The lowest BCUT2D eigenvalue weighted by atomic mass is 10.1. The predicted molar refractivity (Wildman–Crippen MR) is 120 cm³/mol. The van der Waals surface area contributed by atoms with Crippen molar-refractivity contribution >= 4 is 55.8 Å². The molecule has 0 radical (unpaired) electrons. The van der Waals surface area contributed by atoms with Crippen molar-refractivity contribution < 1.29 is 13.2 Å². The molecule has 0 saturated carbocycles. The first-order valence-electron chi connectivity index (χ1n) is 8.70. The Morgan fingerprint density at radius 2 is 1.93 bits per heavy atom. The highest BCUT2D eigenvalue weighted by Gasteiger charge is 2.23. The Morgan fingerprint density at radius 3 is 2.52 bits per heavy atom. The molecule has 3 rings (SSSR count). The molecular weight excluding hydrogens is 428 g/mol. The normalized spacial score (nSPS) is 12.3. The third-order valence-corrected chi connectivity index (χ3v) is 7.37. The zero-order chi connectivity index (χ0) is 21.6. The first-order chi connectivity index (χ1) is 13.4. The number of hydrogen-bond acceptors (Lipinski definition) is 7. The number of nitrogens with one attached hydrogen (secondary N) is 2. The van der Waals surface area contributed by atoms with E-state index in [2.05, 4.69) is 27.7 Å². The fraction of sp³-hybridized carbons (Fsp3) is 0.263. The van der Waals surface area contributed by atoms with Gasteiger partial charge >= 0.3 is 0 Å². The van der Waals surface area contributed by atoms with Gasteiger partial charge in [0.15, 0.2) is 0 Å². The minimum absolute atomic E-state index is 0.134. The summed E-state index contributed by atoms with van der Waals surface area (Å²) in [6, 6.07) is 6.59. The van der Waals surface area contributed by atoms with Crippen molar-refractivity contribution in [2.75, 3.05) is 12.8 Å². The molecule has 10 heteroatoms. The zero-order valence-corrected chi connectivity index (χ0v) is 18.9. The SMILES string of the molecule is CNC(=O)c1cnc(N)c2cc(-c3ccc(S(=O)(=O)NC(C)(C)C)cc3S)sc12. The summed E-state index contributed by atoms with van der Waals surface area (Å²) in [5.41, 5.74) is 6.57. The minimum atomic E-state index is -3.67. The van der Waals surface area contributed by atoms with Gasteiger partial charge in [0.25, 0.3) is 5.91 Å². The highest BCUT2D eigenvalue weighted by molar-refractivity contribution is 7.89. The maximum Gasteiger partial charge on any atom is 0.254 e. The van der Waals surface area contributed by atoms with E-state index in [1.54, 1.807) is 33.9 Å². The van der Waals surface area contributed by atoms with Crippen LogP contribution in [0.25, 0.3) is 20.5 Å². The average Bonchev–Trinajstić information content (AvgIpc) is 3.05. The van der Waals surface area contributed by atoms with Crippen molar-refractivity contribution in [1.29, 1.82) is 0 Å². The van der Waals surface area contributed by atoms with Crippen LogP contribution >= 0.6 is 24.0 Å². The first kappa shape index (κ1) is 21.6. The summed E-state index contributed by atoms with van der Waals surface area (Å²) in [5.74, 6) is 0.0705. The second kappa shape index (κ2) is 7.60. The summed E-state index contributed by atoms with van der Waals surface area (Å²) in [6.45, 7) is 5.33. The van der Waals surface area contributed by atoms with Gasteiger partial charge in [0, 0.05) is 39.5 Å². The Bertz CT molecular complexity index is 1210. The Hall–Kier alpha value is -2.14. The second-order valence-corrected chi connectivity index (χ2v) is 10.7. The van der Waals surface area contributed by atoms with Gasteiger partial charge in [0.2, 0.25) is 10.0 Å². The number of hydrogen-bond donors (Lipinski definition) is 4. The number of benzene rings is 1. The molecule has 0 aliphatic rings. The lowest BCUT2D eigenvalue weighted by molar-refractivity contribution is 0.0964. The number of fused-ring (bicyclic) bond motifs is 1. The van der Waals surface area contributed by atoms with Gasteiger partial charge in [-0.1, -0.05) is 6.07 Å². The van der Waals surface area contributed by atoms with Crippen LogP contribution in [-0.2, 0) is 10.0 Å². The minimum Gasteiger partial charge on any atom is -0.383 e. The van der Waals surface area contributed by atoms with Gasteiger partial charge in [0.1, 0.15) is 5.82 Å². The molecule has 2 heterocycles. The van der Waals surface area contributed by atoms with Crippen LogP contribution in [0.1, 0.15) is 31.1 Å². The molecule has 7 nitrogen and oxygen atoms in total. The maximum absolute atomic E-state index is 12.6. The van der Waals surface area contributed by atoms with Crippen LogP contribution in [0, 0.1) is 0 Å². The summed E-state index contributed by atoms with van der Waals surface area (Å²) in [6.07, 6.45) is 1.45. The number of anilines is 1. The van der Waals surface area contributed by atoms with Crippen molar-refractivity contribution in [1.82, 2.24) is 15.0 Å². The van der Waals surface area contributed by atoms with Gasteiger partial charge in [-0.15, -0.1) is 24.0 Å². The topological polar surface area (TPSA) is 114 Å². The van der Waals surface area contributed by atoms with E-state index in [4.69, 9.17) is 5.73 Å². The molecule has 0 aliphatic carbocycles. The zero-order valence-electron chi connectivity index (χ0n) is 16.4. The van der Waals surface area contributed by atoms with E-state index in [0.29, 0.717) is 26.4 Å². The Balaban J connectivity index is 2.09. The molecule has 0 aliphatic heterocycles. The number of nitrogens with two attached hydrogens (primary N) is 1. The number of rotatable bonds is 4. The van der Waals surface area contributed by atoms with Crippen molar-refractivity contribution in [3.05, 3.63) is 36.0 Å². The summed E-state index contributed by atoms with van der Waals surface area (Å²) >= 11 is 5.88. The lowest BCUT2D eigenvalue weighted by Gasteiger charge is -2.20. The van der Waals surface area contributed by atoms with Gasteiger partial charge in [-0.05, 0) is 39.0 Å². The van der Waals surface area contributed by atoms with Crippen LogP contribution in [0.3, 0.4) is 0 Å². The number of thiophene rings is 1. The van der Waals surface area contributed by atoms with E-state index >= 15 is 0 Å². The van der Waals surface area contributed by atoms with E-state index < -0.39 is 15.6 Å². The molecule has 0 bridgehead atoms. The quantitative estimate of drug-likeness (QED) is 0.456. The van der Waals surface area contributed by atoms with Gasteiger partial charge in [-0.25, -0.2) is 18.1 Å². The lowest BCUT2D eigenvalue weighted by Crippen LogP contribution is -2.40. The standard InChI is InChI=1S/C19H22N4O3S3/c1-19(2,3)23-29(25,26)10-5-6-11(14(27)7-10)15-8-12-16(28-15)13(18(24)21-4)9-22-17(12)20/h5-9,23,27H,1-4H3,(H2,20,22)(H,21,24). The van der Waals surface area contributed by atoms with Gasteiger partial charge in [-0.3, -0.25) is 4.79 Å². The number of nitrogens with zero attached hydrogens (tertiary/aromatic N) is 1. The highest BCUT2D eigenvalue weighted by Crippen LogP contribution is 2.40. The fourth-order valence-corrected chi connectivity index (χ4v) is 5.98. The van der Waals surface area contributed by atoms with Crippen LogP contribution in [-0.4, -0.2) is 31.9 Å². The molecule has 1 amide bonds. The van der Waals surface area contributed by atoms with E-state index in [-0.39, 0.29) is 10.8 Å². The summed E-state index contributed by atoms with van der Waals surface area (Å²) in [4.78, 5) is 17.7. The predicted octanol–water partition coefficient (Wildman–Crippen LogP) is 3.27. The van der Waals surface area contributed by atoms with Crippen molar-refractivity contribution in [2.24, 2.45) is 0 Å². The van der Waals surface area contributed by atoms with Gasteiger partial charge in [-0.2, -0.15) is 0 Å². The number of sulfonamides is 1. The van der Waals surface area contributed by atoms with Crippen molar-refractivity contribution in [3.8, 4) is 10.4 Å². The fourth-order valence-electron chi connectivity index (χ4n) is 2.82. The van der Waals surface area contributed by atoms with E-state index in [9.17, 15) is 13.2 Å². The summed E-state index contributed by atoms with van der Waals surface area (Å²) in [5, 5.41) is 3.27. The van der Waals surface area contributed by atoms with Gasteiger partial charge in [0.05, 0.1) is 15.2 Å². The number of carbonyl (C=O) groups is 1. The number of carbonyl (C=O) groups excluding carboxylic acids is 1. The van der Waals surface area contributed by atoms with Crippen molar-refractivity contribution in [3.63, 3.8) is 0 Å². The number of aromatic nitrogens is 1. The average molecular weight is 451 g/mol. The maximum atomic E-state index is 12.6. The van der Waals surface area contributed by atoms with E-state index in [1.165, 1.54) is 29.7 Å².